The molecule has 0 unspecified atom stereocenters. The van der Waals surface area contributed by atoms with Crippen molar-refractivity contribution in [2.45, 2.75) is 58.8 Å². The maximum absolute atomic E-state index is 5.63. The minimum Gasteiger partial charge on any atom is -0.361 e. The first-order valence-corrected chi connectivity index (χ1v) is 13.0. The highest BCUT2D eigenvalue weighted by atomic mass is 16.5. The summed E-state index contributed by atoms with van der Waals surface area (Å²) in [6.07, 6.45) is 12.3. The lowest BCUT2D eigenvalue weighted by atomic mass is 9.73. The summed E-state index contributed by atoms with van der Waals surface area (Å²) in [5, 5.41) is 4.29. The Morgan fingerprint density at radius 2 is 1.72 bits per heavy atom. The Morgan fingerprint density at radius 1 is 0.917 bits per heavy atom. The first-order valence-electron chi connectivity index (χ1n) is 13.0. The molecule has 1 aliphatic carbocycles. The summed E-state index contributed by atoms with van der Waals surface area (Å²) in [6, 6.07) is 15.0. The van der Waals surface area contributed by atoms with E-state index in [-0.39, 0.29) is 5.92 Å². The first-order chi connectivity index (χ1) is 17.6. The number of aromatic amines is 1. The topological polar surface area (TPSA) is 67.6 Å². The average molecular weight is 477 g/mol. The van der Waals surface area contributed by atoms with E-state index in [2.05, 4.69) is 59.7 Å². The lowest BCUT2D eigenvalue weighted by molar-refractivity contribution is 0.325. The van der Waals surface area contributed by atoms with E-state index in [1.165, 1.54) is 48.8 Å². The van der Waals surface area contributed by atoms with Crippen LogP contribution in [0.15, 0.2) is 65.6 Å². The smallest absolute Gasteiger partial charge is 0.141 e. The first kappa shape index (κ1) is 22.7. The van der Waals surface area contributed by atoms with E-state index in [0.717, 1.165) is 44.9 Å². The van der Waals surface area contributed by atoms with Crippen molar-refractivity contribution >= 4 is 11.0 Å². The van der Waals surface area contributed by atoms with Gasteiger partial charge in [0.1, 0.15) is 5.76 Å². The second-order valence-corrected chi connectivity index (χ2v) is 10.2. The Labute approximate surface area is 212 Å². The van der Waals surface area contributed by atoms with Gasteiger partial charge in [-0.1, -0.05) is 60.3 Å². The average Bonchev–Trinajstić information content (AvgIpc) is 3.49. The largest absolute Gasteiger partial charge is 0.361 e. The molecule has 0 radical (unpaired) electrons. The third-order valence-electron chi connectivity index (χ3n) is 7.84. The number of benzene rings is 1. The van der Waals surface area contributed by atoms with Gasteiger partial charge in [-0.05, 0) is 62.8 Å². The zero-order chi connectivity index (χ0) is 24.6. The maximum atomic E-state index is 5.63. The highest BCUT2D eigenvalue weighted by Gasteiger charge is 2.33. The molecule has 4 heterocycles. The van der Waals surface area contributed by atoms with Gasteiger partial charge in [0.2, 0.25) is 0 Å². The van der Waals surface area contributed by atoms with E-state index in [4.69, 9.17) is 14.5 Å². The van der Waals surface area contributed by atoms with Crippen molar-refractivity contribution < 1.29 is 4.52 Å². The number of fused-ring (bicyclic) bond motifs is 1. The second-order valence-electron chi connectivity index (χ2n) is 10.2. The SMILES string of the molecule is Cc1ccc(-c2c[nH]c3c([C@H](c4ccccn4)C4CCCCC4)c(-c4c(C)noc4C)cnc23)cc1. The molecule has 1 atom stereocenters. The molecule has 5 heteroatoms. The highest BCUT2D eigenvalue weighted by molar-refractivity contribution is 5.97. The highest BCUT2D eigenvalue weighted by Crippen LogP contribution is 2.47. The molecule has 0 aliphatic heterocycles. The van der Waals surface area contributed by atoms with Crippen molar-refractivity contribution in [1.82, 2.24) is 20.1 Å². The number of pyridine rings is 2. The Balaban J connectivity index is 1.65. The molecule has 0 amide bonds. The summed E-state index contributed by atoms with van der Waals surface area (Å²) in [5.41, 5.74) is 11.0. The van der Waals surface area contributed by atoms with E-state index in [1.54, 1.807) is 0 Å². The minimum atomic E-state index is 0.158. The number of rotatable bonds is 5. The van der Waals surface area contributed by atoms with Crippen LogP contribution in [0.1, 0.15) is 66.3 Å². The third-order valence-corrected chi connectivity index (χ3v) is 7.84. The van der Waals surface area contributed by atoms with Gasteiger partial charge in [0, 0.05) is 46.9 Å². The second kappa shape index (κ2) is 9.38. The van der Waals surface area contributed by atoms with E-state index < -0.39 is 0 Å². The van der Waals surface area contributed by atoms with Crippen molar-refractivity contribution in [3.63, 3.8) is 0 Å². The van der Waals surface area contributed by atoms with Crippen molar-refractivity contribution in [2.24, 2.45) is 5.92 Å². The molecule has 5 nitrogen and oxygen atoms in total. The van der Waals surface area contributed by atoms with Crippen molar-refractivity contribution in [3.05, 3.63) is 89.3 Å². The molecule has 1 aromatic carbocycles. The zero-order valence-electron chi connectivity index (χ0n) is 21.2. The lowest BCUT2D eigenvalue weighted by Gasteiger charge is -2.32. The molecule has 0 saturated heterocycles. The van der Waals surface area contributed by atoms with Gasteiger partial charge in [-0.25, -0.2) is 0 Å². The maximum Gasteiger partial charge on any atom is 0.141 e. The van der Waals surface area contributed by atoms with Gasteiger partial charge in [0.25, 0.3) is 0 Å². The number of aryl methyl sites for hydroxylation is 3. The molecule has 1 fully saturated rings. The Morgan fingerprint density at radius 3 is 2.42 bits per heavy atom. The van der Waals surface area contributed by atoms with E-state index >= 15 is 0 Å². The lowest BCUT2D eigenvalue weighted by Crippen LogP contribution is -2.20. The van der Waals surface area contributed by atoms with Crippen molar-refractivity contribution in [2.75, 3.05) is 0 Å². The standard InChI is InChI=1S/C31H32N4O/c1-19-12-14-22(15-13-19)24-17-34-31-29(25(18-33-30(24)31)27-20(2)35-36-21(27)3)28(23-9-5-4-6-10-23)26-11-7-8-16-32-26/h7-8,11-18,23,28,34H,4-6,9-10H2,1-3H3/t28-/m0/s1. The third kappa shape index (κ3) is 3.93. The quantitative estimate of drug-likeness (QED) is 0.280. The van der Waals surface area contributed by atoms with Crippen LogP contribution in [0.3, 0.4) is 0 Å². The Hall–Kier alpha value is -3.73. The molecule has 1 N–H and O–H groups in total. The molecule has 0 bridgehead atoms. The molecule has 6 rings (SSSR count). The van der Waals surface area contributed by atoms with Crippen LogP contribution in [0, 0.1) is 26.7 Å². The number of H-pyrrole nitrogens is 1. The predicted octanol–water partition coefficient (Wildman–Crippen LogP) is 7.92. The molecule has 0 spiro atoms. The summed E-state index contributed by atoms with van der Waals surface area (Å²) in [4.78, 5) is 13.6. The van der Waals surface area contributed by atoms with Crippen LogP contribution in [0.5, 0.6) is 0 Å². The fraction of sp³-hybridized carbons (Fsp3) is 0.323. The van der Waals surface area contributed by atoms with E-state index in [9.17, 15) is 0 Å². The number of hydrogen-bond acceptors (Lipinski definition) is 4. The fourth-order valence-corrected chi connectivity index (χ4v) is 6.08. The monoisotopic (exact) mass is 476 g/mol. The van der Waals surface area contributed by atoms with Crippen molar-refractivity contribution in [1.29, 1.82) is 0 Å². The number of nitrogens with one attached hydrogen (secondary N) is 1. The molecule has 182 valence electrons. The Kier molecular flexibility index (Phi) is 5.92. The molecule has 1 saturated carbocycles. The molecular weight excluding hydrogens is 444 g/mol. The summed E-state index contributed by atoms with van der Waals surface area (Å²) < 4.78 is 5.63. The van der Waals surface area contributed by atoms with Gasteiger partial charge >= 0.3 is 0 Å². The molecule has 36 heavy (non-hydrogen) atoms. The Bertz CT molecular complexity index is 1470. The molecular formula is C31H32N4O. The predicted molar refractivity (Wildman–Crippen MR) is 144 cm³/mol. The van der Waals surface area contributed by atoms with E-state index in [0.29, 0.717) is 5.92 Å². The van der Waals surface area contributed by atoms with Gasteiger partial charge in [0.15, 0.2) is 0 Å². The number of aromatic nitrogens is 4. The van der Waals surface area contributed by atoms with Gasteiger partial charge in [-0.2, -0.15) is 0 Å². The van der Waals surface area contributed by atoms with Crippen LogP contribution in [-0.4, -0.2) is 20.1 Å². The fourth-order valence-electron chi connectivity index (χ4n) is 6.08. The molecule has 1 aliphatic rings. The van der Waals surface area contributed by atoms with Crippen LogP contribution in [0.25, 0.3) is 33.3 Å². The van der Waals surface area contributed by atoms with Crippen LogP contribution < -0.4 is 0 Å². The summed E-state index contributed by atoms with van der Waals surface area (Å²) in [5.74, 6) is 1.50. The van der Waals surface area contributed by atoms with Gasteiger partial charge in [0.05, 0.1) is 16.7 Å². The van der Waals surface area contributed by atoms with Gasteiger partial charge in [-0.3, -0.25) is 9.97 Å². The van der Waals surface area contributed by atoms with Crippen LogP contribution in [0.4, 0.5) is 0 Å². The van der Waals surface area contributed by atoms with Gasteiger partial charge in [-0.15, -0.1) is 0 Å². The van der Waals surface area contributed by atoms with Crippen LogP contribution >= 0.6 is 0 Å². The van der Waals surface area contributed by atoms with Crippen LogP contribution in [0.2, 0.25) is 0 Å². The van der Waals surface area contributed by atoms with E-state index in [1.807, 2.05) is 32.3 Å². The minimum absolute atomic E-state index is 0.158. The summed E-state index contributed by atoms with van der Waals surface area (Å²) in [7, 11) is 0. The number of nitrogens with zero attached hydrogens (tertiary/aromatic N) is 3. The van der Waals surface area contributed by atoms with Gasteiger partial charge < -0.3 is 9.51 Å². The molecule has 4 aromatic heterocycles. The summed E-state index contributed by atoms with van der Waals surface area (Å²) in [6.45, 7) is 6.13. The van der Waals surface area contributed by atoms with Crippen molar-refractivity contribution in [3.8, 4) is 22.3 Å². The van der Waals surface area contributed by atoms with Crippen LogP contribution in [-0.2, 0) is 0 Å². The molecule has 5 aromatic rings. The zero-order valence-corrected chi connectivity index (χ0v) is 21.2. The normalized spacial score (nSPS) is 15.4. The summed E-state index contributed by atoms with van der Waals surface area (Å²) >= 11 is 0. The number of hydrogen-bond donors (Lipinski definition) is 1.